The third kappa shape index (κ3) is 2.17. The molecule has 0 saturated carbocycles. The van der Waals surface area contributed by atoms with E-state index in [-0.39, 0.29) is 0 Å². The zero-order valence-electron chi connectivity index (χ0n) is 11.2. The van der Waals surface area contributed by atoms with Gasteiger partial charge in [0.25, 0.3) is 0 Å². The fourth-order valence-corrected chi connectivity index (χ4v) is 2.36. The molecule has 0 bridgehead atoms. The van der Waals surface area contributed by atoms with Crippen LogP contribution in [0.3, 0.4) is 0 Å². The van der Waals surface area contributed by atoms with E-state index in [1.54, 1.807) is 0 Å². The van der Waals surface area contributed by atoms with E-state index < -0.39 is 0 Å². The molecule has 0 saturated heterocycles. The molecular formula is C17H17N2+. The highest BCUT2D eigenvalue weighted by molar-refractivity contribution is 5.93. The first-order chi connectivity index (χ1) is 9.25. The van der Waals surface area contributed by atoms with Crippen LogP contribution in [0.25, 0.3) is 11.6 Å². The number of fused-ring (bicyclic) bond motifs is 1. The molecule has 1 aliphatic rings. The molecular weight excluding hydrogens is 232 g/mol. The van der Waals surface area contributed by atoms with Gasteiger partial charge in [-0.05, 0) is 23.8 Å². The summed E-state index contributed by atoms with van der Waals surface area (Å²) in [6, 6.07) is 14.7. The van der Waals surface area contributed by atoms with Crippen LogP contribution in [0.1, 0.15) is 11.3 Å². The monoisotopic (exact) mass is 249 g/mol. The van der Waals surface area contributed by atoms with Gasteiger partial charge >= 0.3 is 0 Å². The first-order valence-corrected chi connectivity index (χ1v) is 6.42. The van der Waals surface area contributed by atoms with Gasteiger partial charge in [-0.1, -0.05) is 18.2 Å². The molecule has 0 fully saturated rings. The van der Waals surface area contributed by atoms with Crippen LogP contribution in [0.4, 0.5) is 5.69 Å². The fraction of sp³-hybridized carbons (Fsp3) is 0.118. The maximum absolute atomic E-state index is 2.22. The summed E-state index contributed by atoms with van der Waals surface area (Å²) in [5.74, 6) is 0. The number of rotatable bonds is 1. The van der Waals surface area contributed by atoms with Gasteiger partial charge in [-0.3, -0.25) is 0 Å². The average molecular weight is 249 g/mol. The number of hydrogen-bond acceptors (Lipinski definition) is 1. The van der Waals surface area contributed by atoms with Crippen LogP contribution in [0, 0.1) is 0 Å². The number of para-hydroxylation sites is 1. The van der Waals surface area contributed by atoms with Crippen molar-refractivity contribution in [3.05, 3.63) is 72.2 Å². The second kappa shape index (κ2) is 4.73. The molecule has 3 rings (SSSR count). The summed E-state index contributed by atoms with van der Waals surface area (Å²) in [6.45, 7) is 0. The van der Waals surface area contributed by atoms with Crippen LogP contribution in [0.2, 0.25) is 0 Å². The Hall–Kier alpha value is -2.35. The van der Waals surface area contributed by atoms with Crippen LogP contribution in [-0.4, -0.2) is 7.05 Å². The molecule has 2 nitrogen and oxygen atoms in total. The third-order valence-electron chi connectivity index (χ3n) is 3.47. The molecule has 0 atom stereocenters. The topological polar surface area (TPSA) is 7.12 Å². The van der Waals surface area contributed by atoms with Gasteiger partial charge in [0.05, 0.1) is 0 Å². The van der Waals surface area contributed by atoms with Crippen LogP contribution in [0.15, 0.2) is 60.9 Å². The minimum atomic E-state index is 1.20. The highest BCUT2D eigenvalue weighted by atomic mass is 15.1. The Bertz CT molecular complexity index is 668. The van der Waals surface area contributed by atoms with Gasteiger partial charge < -0.3 is 4.90 Å². The summed E-state index contributed by atoms with van der Waals surface area (Å²) in [4.78, 5) is 2.15. The largest absolute Gasteiger partial charge is 0.351 e. The quantitative estimate of drug-likeness (QED) is 0.705. The zero-order chi connectivity index (χ0) is 13.2. The van der Waals surface area contributed by atoms with Crippen molar-refractivity contribution in [2.75, 3.05) is 11.9 Å². The molecule has 0 N–H and O–H groups in total. The Morgan fingerprint density at radius 2 is 1.84 bits per heavy atom. The molecule has 1 aromatic heterocycles. The van der Waals surface area contributed by atoms with Gasteiger partial charge in [0, 0.05) is 42.7 Å². The summed E-state index contributed by atoms with van der Waals surface area (Å²) in [5, 5.41) is 0. The lowest BCUT2D eigenvalue weighted by atomic mass is 9.99. The molecule has 0 amide bonds. The number of hydrogen-bond donors (Lipinski definition) is 0. The number of allylic oxidation sites excluding steroid dienone is 2. The number of anilines is 1. The van der Waals surface area contributed by atoms with Crippen molar-refractivity contribution in [1.29, 1.82) is 0 Å². The first kappa shape index (κ1) is 11.7. The van der Waals surface area contributed by atoms with E-state index in [2.05, 4.69) is 84.5 Å². The first-order valence-electron chi connectivity index (χ1n) is 6.42. The molecule has 0 aliphatic carbocycles. The number of pyridine rings is 1. The molecule has 2 heterocycles. The lowest BCUT2D eigenvalue weighted by Gasteiger charge is -2.23. The van der Waals surface area contributed by atoms with Gasteiger partial charge in [-0.2, -0.15) is 0 Å². The van der Waals surface area contributed by atoms with E-state index >= 15 is 0 Å². The van der Waals surface area contributed by atoms with E-state index in [0.717, 1.165) is 0 Å². The third-order valence-corrected chi connectivity index (χ3v) is 3.47. The Balaban J connectivity index is 2.12. The van der Waals surface area contributed by atoms with E-state index in [1.807, 2.05) is 6.07 Å². The normalized spacial score (nSPS) is 15.7. The molecule has 1 aromatic carbocycles. The van der Waals surface area contributed by atoms with E-state index in [1.165, 1.54) is 22.5 Å². The highest BCUT2D eigenvalue weighted by Crippen LogP contribution is 2.32. The number of nitrogens with zero attached hydrogens (tertiary/aromatic N) is 2. The van der Waals surface area contributed by atoms with Gasteiger partial charge in [-0.25, -0.2) is 4.57 Å². The lowest BCUT2D eigenvalue weighted by Crippen LogP contribution is -2.30. The van der Waals surface area contributed by atoms with Gasteiger partial charge in [-0.15, -0.1) is 0 Å². The summed E-state index contributed by atoms with van der Waals surface area (Å²) >= 11 is 0. The van der Waals surface area contributed by atoms with Crippen LogP contribution in [0.5, 0.6) is 0 Å². The molecule has 0 unspecified atom stereocenters. The van der Waals surface area contributed by atoms with Gasteiger partial charge in [0.2, 0.25) is 5.69 Å². The maximum Gasteiger partial charge on any atom is 0.205 e. The molecule has 19 heavy (non-hydrogen) atoms. The Morgan fingerprint density at radius 3 is 2.68 bits per heavy atom. The predicted octanol–water partition coefficient (Wildman–Crippen LogP) is 3.02. The second-order valence-corrected chi connectivity index (χ2v) is 4.78. The zero-order valence-corrected chi connectivity index (χ0v) is 11.2. The molecule has 94 valence electrons. The summed E-state index contributed by atoms with van der Waals surface area (Å²) in [7, 11) is 4.14. The van der Waals surface area contributed by atoms with Crippen LogP contribution < -0.4 is 9.47 Å². The summed E-state index contributed by atoms with van der Waals surface area (Å²) in [5.41, 5.74) is 4.96. The molecule has 0 spiro atoms. The predicted molar refractivity (Wildman–Crippen MR) is 79.5 cm³/mol. The average Bonchev–Trinajstić information content (AvgIpc) is 2.44. The molecule has 1 aliphatic heterocycles. The SMILES string of the molecule is CN1C=CC(=Cc2cccc[n+]2C)c2ccccc21. The van der Waals surface area contributed by atoms with Crippen molar-refractivity contribution in [2.45, 2.75) is 0 Å². The standard InChI is InChI=1S/C17H17N2/c1-18-11-6-5-7-15(18)13-14-10-12-19(2)17-9-4-3-8-16(14)17/h3-13H,1-2H3/q+1. The van der Waals surface area contributed by atoms with Crippen molar-refractivity contribution in [2.24, 2.45) is 7.05 Å². The maximum atomic E-state index is 2.22. The fourth-order valence-electron chi connectivity index (χ4n) is 2.36. The summed E-state index contributed by atoms with van der Waals surface area (Å²) < 4.78 is 2.13. The minimum Gasteiger partial charge on any atom is -0.351 e. The highest BCUT2D eigenvalue weighted by Gasteiger charge is 2.14. The van der Waals surface area contributed by atoms with Crippen LogP contribution in [-0.2, 0) is 7.05 Å². The smallest absolute Gasteiger partial charge is 0.205 e. The van der Waals surface area contributed by atoms with Crippen molar-refractivity contribution < 1.29 is 4.57 Å². The van der Waals surface area contributed by atoms with E-state index in [4.69, 9.17) is 0 Å². The van der Waals surface area contributed by atoms with Gasteiger partial charge in [0.1, 0.15) is 7.05 Å². The summed E-state index contributed by atoms with van der Waals surface area (Å²) in [6.07, 6.45) is 8.56. The van der Waals surface area contributed by atoms with Crippen molar-refractivity contribution in [1.82, 2.24) is 0 Å². The van der Waals surface area contributed by atoms with Crippen molar-refractivity contribution in [3.8, 4) is 0 Å². The molecule has 2 aromatic rings. The van der Waals surface area contributed by atoms with Crippen LogP contribution >= 0.6 is 0 Å². The second-order valence-electron chi connectivity index (χ2n) is 4.78. The van der Waals surface area contributed by atoms with E-state index in [9.17, 15) is 0 Å². The van der Waals surface area contributed by atoms with Gasteiger partial charge in [0.15, 0.2) is 6.20 Å². The number of aryl methyl sites for hydroxylation is 1. The number of benzene rings is 1. The van der Waals surface area contributed by atoms with Crippen molar-refractivity contribution in [3.63, 3.8) is 0 Å². The molecule has 2 heteroatoms. The number of aromatic nitrogens is 1. The van der Waals surface area contributed by atoms with Crippen molar-refractivity contribution >= 4 is 17.3 Å². The minimum absolute atomic E-state index is 1.20. The Morgan fingerprint density at radius 1 is 1.05 bits per heavy atom. The Labute approximate surface area is 113 Å². The molecule has 0 radical (unpaired) electrons. The van der Waals surface area contributed by atoms with E-state index in [0.29, 0.717) is 0 Å². The lowest BCUT2D eigenvalue weighted by molar-refractivity contribution is -0.673. The Kier molecular flexibility index (Phi) is 2.92.